The monoisotopic (exact) mass is 2040 g/mol. The molecule has 0 spiro atoms. The number of anilines is 1. The molecule has 1 saturated carbocycles. The molecule has 10 heterocycles. The van der Waals surface area contributed by atoms with Gasteiger partial charge in [0.25, 0.3) is 29.5 Å². The lowest BCUT2D eigenvalue weighted by atomic mass is 9.78. The molecule has 31 nitrogen and oxygen atoms in total. The van der Waals surface area contributed by atoms with Gasteiger partial charge in [-0.2, -0.15) is 29.9 Å². The number of pyridine rings is 2. The average molecular weight is 2040 g/mol. The molecular weight excluding hydrogens is 1920 g/mol. The van der Waals surface area contributed by atoms with Gasteiger partial charge in [0.05, 0.1) is 59.4 Å². The Hall–Kier alpha value is -17.0. The number of benzene rings is 10. The number of aromatic nitrogens is 15. The molecule has 19 aromatic rings. The maximum Gasteiger partial charge on any atom is 0.258 e. The Balaban J connectivity index is 0.000000126. The second-order valence-electron chi connectivity index (χ2n) is 34.2. The van der Waals surface area contributed by atoms with Crippen molar-refractivity contribution < 1.29 is 65.0 Å². The van der Waals surface area contributed by atoms with Crippen LogP contribution in [0.4, 0.5) is 11.4 Å². The van der Waals surface area contributed by atoms with Gasteiger partial charge in [0.1, 0.15) is 0 Å². The quantitative estimate of drug-likeness (QED) is 0.0381. The SMILES string of the molecule is CC(C)Cc1cccc(-c2nc(-c3ccncc3)no2)c1.CCOc1ccc(-c2nc(-c3ccc4cc[nH]c4c3)no2)cc1OCC.CCOc1ccc(-c2nc(-c3cccc(Br)c3C)no2)cc1OCC.CCOc1ccc(-c2nc(-c3cccc4c3CCN4)no2)cc1OCC.[C-]#[N+]c1ccc(-c2noc(-c3ccc(OCC)c(OCC)c3)n2)c(C)c1.c1ccc(C2CCC(c3nc(-c4ccncc4)no3)CC2)cc1. The van der Waals surface area contributed by atoms with Crippen LogP contribution >= 0.6 is 15.9 Å². The first-order chi connectivity index (χ1) is 72.0. The van der Waals surface area contributed by atoms with E-state index in [-0.39, 0.29) is 0 Å². The summed E-state index contributed by atoms with van der Waals surface area (Å²) in [7, 11) is 0. The van der Waals surface area contributed by atoms with E-state index in [1.165, 1.54) is 29.5 Å². The minimum Gasteiger partial charge on any atom is -0.490 e. The first kappa shape index (κ1) is 103. The highest BCUT2D eigenvalue weighted by Gasteiger charge is 2.29. The highest BCUT2D eigenvalue weighted by atomic mass is 79.9. The molecule has 32 heteroatoms. The molecular formula is C115H114BrN17O14. The van der Waals surface area contributed by atoms with Gasteiger partial charge in [-0.15, -0.1) is 0 Å². The van der Waals surface area contributed by atoms with Crippen molar-refractivity contribution in [3.8, 4) is 172 Å². The Morgan fingerprint density at radius 1 is 0.374 bits per heavy atom. The predicted octanol–water partition coefficient (Wildman–Crippen LogP) is 27.8. The molecule has 2 N–H and O–H groups in total. The highest BCUT2D eigenvalue weighted by Crippen LogP contribution is 2.44. The summed E-state index contributed by atoms with van der Waals surface area (Å²) < 4.78 is 78.8. The third-order valence-corrected chi connectivity index (χ3v) is 24.6. The molecule has 2 aliphatic rings. The molecule has 147 heavy (non-hydrogen) atoms. The summed E-state index contributed by atoms with van der Waals surface area (Å²) in [6.07, 6.45) is 15.4. The fraction of sp³-hybridized carbons (Fsp3) is 0.261. The van der Waals surface area contributed by atoms with E-state index < -0.39 is 0 Å². The number of nitrogens with one attached hydrogen (secondary N) is 2. The summed E-state index contributed by atoms with van der Waals surface area (Å²) in [6.45, 7) is 36.3. The summed E-state index contributed by atoms with van der Waals surface area (Å²) in [5, 5.41) is 29.2. The second-order valence-corrected chi connectivity index (χ2v) is 35.1. The van der Waals surface area contributed by atoms with Gasteiger partial charge in [0.15, 0.2) is 51.7 Å². The Labute approximate surface area is 860 Å². The number of aromatic amines is 1. The van der Waals surface area contributed by atoms with Crippen LogP contribution < -0.4 is 43.2 Å². The summed E-state index contributed by atoms with van der Waals surface area (Å²) in [5.41, 5.74) is 18.4. The van der Waals surface area contributed by atoms with Crippen molar-refractivity contribution in [2.75, 3.05) is 64.7 Å². The average Bonchev–Trinajstić information content (AvgIpc) is 1.65. The van der Waals surface area contributed by atoms with E-state index in [1.807, 2.05) is 251 Å². The Morgan fingerprint density at radius 3 is 1.29 bits per heavy atom. The second kappa shape index (κ2) is 50.8. The lowest BCUT2D eigenvalue weighted by molar-refractivity contribution is 0.288. The number of halogens is 1. The van der Waals surface area contributed by atoms with Crippen LogP contribution in [0, 0.1) is 26.3 Å². The zero-order valence-electron chi connectivity index (χ0n) is 84.0. The molecule has 0 amide bonds. The number of H-pyrrole nitrogens is 1. The fourth-order valence-electron chi connectivity index (χ4n) is 16.8. The smallest absolute Gasteiger partial charge is 0.258 e. The van der Waals surface area contributed by atoms with Crippen molar-refractivity contribution >= 4 is 38.2 Å². The van der Waals surface area contributed by atoms with Gasteiger partial charge in [-0.3, -0.25) is 9.97 Å². The van der Waals surface area contributed by atoms with Crippen molar-refractivity contribution in [2.45, 2.75) is 133 Å². The summed E-state index contributed by atoms with van der Waals surface area (Å²) in [4.78, 5) is 41.9. The maximum atomic E-state index is 7.09. The van der Waals surface area contributed by atoms with Crippen LogP contribution in [0.5, 0.6) is 46.0 Å². The number of aryl methyl sites for hydroxylation is 1. The highest BCUT2D eigenvalue weighted by molar-refractivity contribution is 9.10. The molecule has 9 aromatic heterocycles. The Kier molecular flexibility index (Phi) is 35.6. The van der Waals surface area contributed by atoms with Crippen LogP contribution in [0.25, 0.3) is 141 Å². The first-order valence-electron chi connectivity index (χ1n) is 49.2. The molecule has 1 aliphatic heterocycles. The van der Waals surface area contributed by atoms with E-state index in [9.17, 15) is 0 Å². The van der Waals surface area contributed by atoms with Gasteiger partial charge in [0.2, 0.25) is 40.8 Å². The summed E-state index contributed by atoms with van der Waals surface area (Å²) in [5.74, 6) is 13.6. The van der Waals surface area contributed by atoms with E-state index in [0.717, 1.165) is 132 Å². The Bertz CT molecular complexity index is 7540. The zero-order chi connectivity index (χ0) is 102. The number of fused-ring (bicyclic) bond motifs is 2. The molecule has 0 saturated heterocycles. The summed E-state index contributed by atoms with van der Waals surface area (Å²) in [6, 6.07) is 74.5. The van der Waals surface area contributed by atoms with Gasteiger partial charge < -0.3 is 75.3 Å². The van der Waals surface area contributed by atoms with Crippen molar-refractivity contribution in [1.82, 2.24) is 75.8 Å². The lowest BCUT2D eigenvalue weighted by Gasteiger charge is -2.26. The number of hydrogen-bond donors (Lipinski definition) is 2. The van der Waals surface area contributed by atoms with Gasteiger partial charge in [0, 0.05) is 120 Å². The predicted molar refractivity (Wildman–Crippen MR) is 567 cm³/mol. The van der Waals surface area contributed by atoms with Crippen LogP contribution in [0.3, 0.4) is 0 Å². The van der Waals surface area contributed by atoms with Crippen LogP contribution in [0.1, 0.15) is 140 Å². The van der Waals surface area contributed by atoms with Crippen LogP contribution in [0.2, 0.25) is 0 Å². The van der Waals surface area contributed by atoms with E-state index in [4.69, 9.17) is 71.6 Å². The molecule has 0 atom stereocenters. The molecule has 750 valence electrons. The van der Waals surface area contributed by atoms with Crippen LogP contribution in [-0.2, 0) is 12.8 Å². The number of nitrogens with zero attached hydrogens (tertiary/aromatic N) is 15. The largest absolute Gasteiger partial charge is 0.490 e. The van der Waals surface area contributed by atoms with E-state index in [1.54, 1.807) is 30.9 Å². The summed E-state index contributed by atoms with van der Waals surface area (Å²) >= 11 is 3.53. The normalized spacial score (nSPS) is 12.7. The molecule has 1 aliphatic carbocycles. The third kappa shape index (κ3) is 26.4. The van der Waals surface area contributed by atoms with Gasteiger partial charge in [-0.05, 0) is 281 Å². The zero-order valence-corrected chi connectivity index (χ0v) is 85.6. The van der Waals surface area contributed by atoms with Crippen LogP contribution in [0.15, 0.2) is 293 Å². The molecule has 0 unspecified atom stereocenters. The van der Waals surface area contributed by atoms with E-state index >= 15 is 0 Å². The van der Waals surface area contributed by atoms with Crippen molar-refractivity contribution in [3.63, 3.8) is 0 Å². The molecule has 0 bridgehead atoms. The van der Waals surface area contributed by atoms with Gasteiger partial charge >= 0.3 is 0 Å². The Morgan fingerprint density at radius 2 is 0.796 bits per heavy atom. The van der Waals surface area contributed by atoms with Gasteiger partial charge in [-0.25, -0.2) is 4.85 Å². The van der Waals surface area contributed by atoms with Crippen molar-refractivity contribution in [1.29, 1.82) is 0 Å². The minimum atomic E-state index is 0.387. The first-order valence-corrected chi connectivity index (χ1v) is 50.0. The molecule has 10 aromatic carbocycles. The number of hydrogen-bond acceptors (Lipinski definition) is 29. The molecule has 21 rings (SSSR count). The van der Waals surface area contributed by atoms with Crippen LogP contribution in [-0.4, -0.2) is 135 Å². The maximum absolute atomic E-state index is 7.09. The molecule has 1 fully saturated rings. The fourth-order valence-corrected chi connectivity index (χ4v) is 17.1. The topological polar surface area (TPSA) is 365 Å². The third-order valence-electron chi connectivity index (χ3n) is 23.8. The number of rotatable bonds is 31. The molecule has 0 radical (unpaired) electrons. The van der Waals surface area contributed by atoms with Gasteiger partial charge in [-0.1, -0.05) is 163 Å². The minimum absolute atomic E-state index is 0.387. The van der Waals surface area contributed by atoms with Crippen molar-refractivity contribution in [2.24, 2.45) is 5.92 Å². The van der Waals surface area contributed by atoms with E-state index in [2.05, 4.69) is 164 Å². The number of ether oxygens (including phenoxy) is 8. The lowest BCUT2D eigenvalue weighted by Crippen LogP contribution is -2.12. The van der Waals surface area contributed by atoms with E-state index in [0.29, 0.717) is 187 Å². The standard InChI is InChI=1S/C20H19N3O3.C20H21N3O3.C20H19N3O3.C19H19BrN2O3.C19H19N3O.C17H17N3O/c1-3-24-17-8-7-15(12-18(17)25-4-2)20-22-19(23-26-20)14-6-5-13-9-10-21-16(13)11-14;1-3-24-17-9-8-13(12-18(17)25-4-2)20-22-19(23-26-20)15-6-5-7-16-14(15)10-11-21-16;1-5-24-17-10-7-14(12-18(17)25-6-2)20-22-19(23-26-20)16-9-8-15(21-4)11-13(16)3;1-4-23-16-10-9-13(11-17(16)24-5-2)19-21-18(22-25-19)14-7-6-8-15(20)12(14)3;1-2-4-14(5-3-1)15-6-8-17(9-7-15)19-21-18(22-23-19)16-10-12-20-13-11-16;1-12(2)10-13-4-3-5-15(11-13)17-19-16(20-21-17)14-6-8-18-9-7-14/h5-12,21H,3-4H2,1-2H3;5-9,12,21H,3-4,10-11H2,1-2H3;7-12H,5-6H2,1-3H3;6-11H,4-5H2,1-3H3;1-5,10-13,15,17H,6-9H2;3-9,11-12H,10H2,1-2H3. The van der Waals surface area contributed by atoms with Crippen molar-refractivity contribution in [3.05, 3.63) is 311 Å².